The number of hydrogen-bond donors (Lipinski definition) is 1. The Kier molecular flexibility index (Phi) is 6.75. The van der Waals surface area contributed by atoms with E-state index in [4.69, 9.17) is 0 Å². The van der Waals surface area contributed by atoms with Gasteiger partial charge in [0.25, 0.3) is 5.92 Å². The summed E-state index contributed by atoms with van der Waals surface area (Å²) in [6.45, 7) is 2.01. The second-order valence-corrected chi connectivity index (χ2v) is 5.09. The predicted molar refractivity (Wildman–Crippen MR) is 76.4 cm³/mol. The van der Waals surface area contributed by atoms with Crippen LogP contribution in [0.1, 0.15) is 61.1 Å². The molecule has 5 heteroatoms. The molecular formula is C16H22F2O3. The molecule has 0 spiro atoms. The van der Waals surface area contributed by atoms with Crippen LogP contribution in [0.25, 0.3) is 0 Å². The largest absolute Gasteiger partial charge is 0.465 e. The summed E-state index contributed by atoms with van der Waals surface area (Å²) in [6.07, 6.45) is 0.819. The highest BCUT2D eigenvalue weighted by molar-refractivity contribution is 5.89. The van der Waals surface area contributed by atoms with Crippen LogP contribution in [0.5, 0.6) is 0 Å². The van der Waals surface area contributed by atoms with Crippen molar-refractivity contribution in [3.63, 3.8) is 0 Å². The number of carbonyl (C=O) groups excluding carboxylic acids is 1. The Bertz CT molecular complexity index is 443. The number of benzene rings is 1. The summed E-state index contributed by atoms with van der Waals surface area (Å²) in [5.41, 5.74) is 0.364. The van der Waals surface area contributed by atoms with E-state index in [1.165, 1.54) is 31.4 Å². The lowest BCUT2D eigenvalue weighted by atomic mass is 9.97. The molecule has 1 unspecified atom stereocenters. The van der Waals surface area contributed by atoms with E-state index >= 15 is 0 Å². The van der Waals surface area contributed by atoms with Gasteiger partial charge in [-0.25, -0.2) is 13.6 Å². The minimum atomic E-state index is -3.17. The van der Waals surface area contributed by atoms with Crippen molar-refractivity contribution in [3.8, 4) is 0 Å². The van der Waals surface area contributed by atoms with E-state index in [9.17, 15) is 18.7 Å². The highest BCUT2D eigenvalue weighted by Gasteiger charge is 2.38. The van der Waals surface area contributed by atoms with E-state index in [-0.39, 0.29) is 17.5 Å². The lowest BCUT2D eigenvalue weighted by Gasteiger charge is -2.23. The molecule has 1 aromatic rings. The Hall–Kier alpha value is -1.49. The summed E-state index contributed by atoms with van der Waals surface area (Å²) in [6, 6.07) is 5.41. The normalized spacial score (nSPS) is 13.0. The summed E-state index contributed by atoms with van der Waals surface area (Å²) < 4.78 is 32.4. The van der Waals surface area contributed by atoms with Crippen molar-refractivity contribution in [3.05, 3.63) is 35.4 Å². The monoisotopic (exact) mass is 300 g/mol. The van der Waals surface area contributed by atoms with Gasteiger partial charge in [-0.3, -0.25) is 0 Å². The van der Waals surface area contributed by atoms with Crippen molar-refractivity contribution in [2.45, 2.75) is 51.1 Å². The molecule has 0 aliphatic rings. The average molecular weight is 300 g/mol. The molecule has 0 heterocycles. The van der Waals surface area contributed by atoms with Gasteiger partial charge in [-0.15, -0.1) is 0 Å². The molecule has 0 aliphatic carbocycles. The smallest absolute Gasteiger partial charge is 0.337 e. The van der Waals surface area contributed by atoms with Gasteiger partial charge in [-0.2, -0.15) is 0 Å². The third-order valence-corrected chi connectivity index (χ3v) is 3.41. The number of unbranched alkanes of at least 4 members (excludes halogenated alkanes) is 3. The number of esters is 1. The summed E-state index contributed by atoms with van der Waals surface area (Å²) >= 11 is 0. The maximum atomic E-state index is 13.9. The number of aliphatic hydroxyl groups excluding tert-OH is 1. The second-order valence-electron chi connectivity index (χ2n) is 5.09. The van der Waals surface area contributed by atoms with Crippen LogP contribution in [0.15, 0.2) is 24.3 Å². The van der Waals surface area contributed by atoms with Crippen LogP contribution >= 0.6 is 0 Å². The number of rotatable bonds is 8. The SMILES string of the molecule is CCCCCCC(F)(F)C(O)c1ccc(C(=O)OC)cc1. The highest BCUT2D eigenvalue weighted by Crippen LogP contribution is 2.35. The number of carbonyl (C=O) groups is 1. The number of methoxy groups -OCH3 is 1. The van der Waals surface area contributed by atoms with Crippen molar-refractivity contribution >= 4 is 5.97 Å². The summed E-state index contributed by atoms with van der Waals surface area (Å²) in [7, 11) is 1.25. The van der Waals surface area contributed by atoms with Gasteiger partial charge in [0.1, 0.15) is 6.10 Å². The maximum absolute atomic E-state index is 13.9. The lowest BCUT2D eigenvalue weighted by Crippen LogP contribution is -2.26. The molecule has 0 saturated heterocycles. The van der Waals surface area contributed by atoms with Crippen LogP contribution in [0, 0.1) is 0 Å². The zero-order valence-corrected chi connectivity index (χ0v) is 12.4. The molecule has 21 heavy (non-hydrogen) atoms. The zero-order chi connectivity index (χ0) is 15.9. The van der Waals surface area contributed by atoms with Crippen molar-refractivity contribution in [1.82, 2.24) is 0 Å². The Labute approximate surface area is 123 Å². The van der Waals surface area contributed by atoms with Crippen LogP contribution in [0.4, 0.5) is 8.78 Å². The number of alkyl halides is 2. The summed E-state index contributed by atoms with van der Waals surface area (Å²) in [5, 5.41) is 9.83. The van der Waals surface area contributed by atoms with Gasteiger partial charge in [0.2, 0.25) is 0 Å². The minimum Gasteiger partial charge on any atom is -0.465 e. The van der Waals surface area contributed by atoms with Gasteiger partial charge in [-0.05, 0) is 24.1 Å². The van der Waals surface area contributed by atoms with Crippen LogP contribution in [-0.4, -0.2) is 24.1 Å². The standard InChI is InChI=1S/C16H22F2O3/c1-3-4-5-6-11-16(17,18)14(19)12-7-9-13(10-8-12)15(20)21-2/h7-10,14,19H,3-6,11H2,1-2H3. The Morgan fingerprint density at radius 1 is 1.24 bits per heavy atom. The lowest BCUT2D eigenvalue weighted by molar-refractivity contribution is -0.117. The Morgan fingerprint density at radius 3 is 2.38 bits per heavy atom. The number of ether oxygens (including phenoxy) is 1. The van der Waals surface area contributed by atoms with Crippen molar-refractivity contribution in [1.29, 1.82) is 0 Å². The molecule has 118 valence electrons. The van der Waals surface area contributed by atoms with Gasteiger partial charge < -0.3 is 9.84 Å². The molecule has 0 radical (unpaired) electrons. The van der Waals surface area contributed by atoms with Gasteiger partial charge in [-0.1, -0.05) is 38.3 Å². The first kappa shape index (κ1) is 17.6. The molecule has 1 aromatic carbocycles. The van der Waals surface area contributed by atoms with Gasteiger partial charge in [0.05, 0.1) is 12.7 Å². The first-order valence-corrected chi connectivity index (χ1v) is 7.16. The second kappa shape index (κ2) is 8.08. The molecule has 0 bridgehead atoms. The van der Waals surface area contributed by atoms with Gasteiger partial charge in [0.15, 0.2) is 0 Å². The molecule has 1 rings (SSSR count). The minimum absolute atomic E-state index is 0.100. The molecule has 0 fully saturated rings. The number of halogens is 2. The fourth-order valence-corrected chi connectivity index (χ4v) is 2.09. The highest BCUT2D eigenvalue weighted by atomic mass is 19.3. The predicted octanol–water partition coefficient (Wildman–Crippen LogP) is 4.11. The third-order valence-electron chi connectivity index (χ3n) is 3.41. The van der Waals surface area contributed by atoms with Crippen molar-refractivity contribution < 1.29 is 23.4 Å². The topological polar surface area (TPSA) is 46.5 Å². The van der Waals surface area contributed by atoms with E-state index in [0.29, 0.717) is 6.42 Å². The van der Waals surface area contributed by atoms with E-state index in [0.717, 1.165) is 19.3 Å². The van der Waals surface area contributed by atoms with Crippen LogP contribution < -0.4 is 0 Å². The first-order valence-electron chi connectivity index (χ1n) is 7.16. The van der Waals surface area contributed by atoms with Gasteiger partial charge in [0, 0.05) is 6.42 Å². The summed E-state index contributed by atoms with van der Waals surface area (Å²) in [5.74, 6) is -3.71. The van der Waals surface area contributed by atoms with Crippen LogP contribution in [-0.2, 0) is 4.74 Å². The van der Waals surface area contributed by atoms with E-state index in [1.54, 1.807) is 0 Å². The molecule has 1 N–H and O–H groups in total. The third kappa shape index (κ3) is 5.08. The summed E-state index contributed by atoms with van der Waals surface area (Å²) in [4.78, 5) is 11.3. The molecular weight excluding hydrogens is 278 g/mol. The maximum Gasteiger partial charge on any atom is 0.337 e. The van der Waals surface area contributed by atoms with Crippen molar-refractivity contribution in [2.75, 3.05) is 7.11 Å². The quantitative estimate of drug-likeness (QED) is 0.580. The van der Waals surface area contributed by atoms with E-state index in [2.05, 4.69) is 4.74 Å². The first-order chi connectivity index (χ1) is 9.92. The van der Waals surface area contributed by atoms with E-state index < -0.39 is 18.0 Å². The average Bonchev–Trinajstić information content (AvgIpc) is 2.50. The number of aliphatic hydroxyl groups is 1. The molecule has 0 aliphatic heterocycles. The van der Waals surface area contributed by atoms with E-state index in [1.807, 2.05) is 6.92 Å². The van der Waals surface area contributed by atoms with Crippen LogP contribution in [0.2, 0.25) is 0 Å². The Balaban J connectivity index is 2.68. The molecule has 0 aromatic heterocycles. The van der Waals surface area contributed by atoms with Crippen LogP contribution in [0.3, 0.4) is 0 Å². The van der Waals surface area contributed by atoms with Gasteiger partial charge >= 0.3 is 5.97 Å². The fourth-order valence-electron chi connectivity index (χ4n) is 2.09. The molecule has 3 nitrogen and oxygen atoms in total. The molecule has 1 atom stereocenters. The Morgan fingerprint density at radius 2 is 1.86 bits per heavy atom. The van der Waals surface area contributed by atoms with Crippen molar-refractivity contribution in [2.24, 2.45) is 0 Å². The fraction of sp³-hybridized carbons (Fsp3) is 0.562. The molecule has 0 amide bonds. The zero-order valence-electron chi connectivity index (χ0n) is 12.4. The molecule has 0 saturated carbocycles. The number of hydrogen-bond acceptors (Lipinski definition) is 3.